The van der Waals surface area contributed by atoms with Gasteiger partial charge in [-0.1, -0.05) is 62.8 Å². The van der Waals surface area contributed by atoms with Gasteiger partial charge in [-0.2, -0.15) is 0 Å². The Morgan fingerprint density at radius 3 is 1.52 bits per heavy atom. The standard InChI is InChI=1S/C14H24O2.C11H20O2/c1-3-4-5-6-7-8-9-10-11-12-13-14(15)16-2;1-3-4-5-6-7-8-9-10-11(12)13-2/h3,5-6H,1,4,7-13H2,2H3;3H,1,4-10H2,2H3. The van der Waals surface area contributed by atoms with Gasteiger partial charge in [0.15, 0.2) is 0 Å². The van der Waals surface area contributed by atoms with E-state index in [1.165, 1.54) is 52.7 Å². The second kappa shape index (κ2) is 26.2. The van der Waals surface area contributed by atoms with E-state index < -0.39 is 0 Å². The summed E-state index contributed by atoms with van der Waals surface area (Å²) in [6.07, 6.45) is 24.2. The zero-order valence-electron chi connectivity index (χ0n) is 19.0. The van der Waals surface area contributed by atoms with Gasteiger partial charge in [-0.15, -0.1) is 13.2 Å². The van der Waals surface area contributed by atoms with Gasteiger partial charge in [0.1, 0.15) is 0 Å². The highest BCUT2D eigenvalue weighted by molar-refractivity contribution is 5.69. The van der Waals surface area contributed by atoms with E-state index in [1.54, 1.807) is 0 Å². The fraction of sp³-hybridized carbons (Fsp3) is 0.680. The molecule has 0 aliphatic heterocycles. The van der Waals surface area contributed by atoms with Crippen molar-refractivity contribution in [1.29, 1.82) is 0 Å². The second-order valence-electron chi connectivity index (χ2n) is 7.05. The molecule has 0 fully saturated rings. The van der Waals surface area contributed by atoms with E-state index >= 15 is 0 Å². The van der Waals surface area contributed by atoms with Crippen LogP contribution < -0.4 is 0 Å². The van der Waals surface area contributed by atoms with Crippen LogP contribution in [0.25, 0.3) is 0 Å². The lowest BCUT2D eigenvalue weighted by molar-refractivity contribution is -0.141. The summed E-state index contributed by atoms with van der Waals surface area (Å²) in [5, 5.41) is 0. The van der Waals surface area contributed by atoms with Gasteiger partial charge in [-0.3, -0.25) is 9.59 Å². The predicted molar refractivity (Wildman–Crippen MR) is 123 cm³/mol. The lowest BCUT2D eigenvalue weighted by atomic mass is 10.1. The average Bonchev–Trinajstić information content (AvgIpc) is 2.74. The minimum absolute atomic E-state index is 0.0904. The average molecular weight is 409 g/mol. The number of carbonyl (C=O) groups is 2. The van der Waals surface area contributed by atoms with E-state index in [4.69, 9.17) is 0 Å². The van der Waals surface area contributed by atoms with E-state index in [2.05, 4.69) is 34.8 Å². The van der Waals surface area contributed by atoms with Crippen LogP contribution in [0.1, 0.15) is 96.3 Å². The van der Waals surface area contributed by atoms with Crippen LogP contribution >= 0.6 is 0 Å². The van der Waals surface area contributed by atoms with Crippen molar-refractivity contribution in [1.82, 2.24) is 0 Å². The van der Waals surface area contributed by atoms with Gasteiger partial charge in [0.25, 0.3) is 0 Å². The van der Waals surface area contributed by atoms with E-state index in [-0.39, 0.29) is 11.9 Å². The Bertz CT molecular complexity index is 427. The second-order valence-corrected chi connectivity index (χ2v) is 7.05. The topological polar surface area (TPSA) is 52.6 Å². The van der Waals surface area contributed by atoms with Crippen molar-refractivity contribution in [2.45, 2.75) is 96.3 Å². The number of allylic oxidation sites excluding steroid dienone is 4. The highest BCUT2D eigenvalue weighted by Gasteiger charge is 1.99. The third-order valence-corrected chi connectivity index (χ3v) is 4.47. The molecule has 168 valence electrons. The summed E-state index contributed by atoms with van der Waals surface area (Å²) in [5.41, 5.74) is 0. The van der Waals surface area contributed by atoms with E-state index in [0.717, 1.165) is 44.9 Å². The first-order chi connectivity index (χ1) is 14.1. The minimum atomic E-state index is -0.0916. The molecule has 0 aliphatic carbocycles. The summed E-state index contributed by atoms with van der Waals surface area (Å²) in [6.45, 7) is 7.33. The van der Waals surface area contributed by atoms with Crippen molar-refractivity contribution in [2.75, 3.05) is 14.2 Å². The molecule has 0 atom stereocenters. The number of unbranched alkanes of at least 4 members (excludes halogenated alkanes) is 10. The molecule has 0 aliphatic rings. The van der Waals surface area contributed by atoms with Crippen molar-refractivity contribution in [3.8, 4) is 0 Å². The fourth-order valence-corrected chi connectivity index (χ4v) is 2.66. The van der Waals surface area contributed by atoms with Gasteiger partial charge in [-0.25, -0.2) is 0 Å². The van der Waals surface area contributed by atoms with Crippen molar-refractivity contribution in [3.05, 3.63) is 37.5 Å². The molecule has 0 saturated carbocycles. The number of carbonyl (C=O) groups excluding carboxylic acids is 2. The van der Waals surface area contributed by atoms with Crippen LogP contribution in [0.2, 0.25) is 0 Å². The lowest BCUT2D eigenvalue weighted by Crippen LogP contribution is -1.98. The maximum absolute atomic E-state index is 10.8. The molecule has 0 saturated heterocycles. The SMILES string of the molecule is C=CCC=CCCCCCCCC(=O)OC.C=CCCCCCCCC(=O)OC. The van der Waals surface area contributed by atoms with Crippen LogP contribution in [0.3, 0.4) is 0 Å². The van der Waals surface area contributed by atoms with Crippen LogP contribution in [0.15, 0.2) is 37.5 Å². The maximum Gasteiger partial charge on any atom is 0.305 e. The van der Waals surface area contributed by atoms with Gasteiger partial charge in [-0.05, 0) is 44.9 Å². The Balaban J connectivity index is 0. The Morgan fingerprint density at radius 1 is 0.621 bits per heavy atom. The van der Waals surface area contributed by atoms with E-state index in [0.29, 0.717) is 12.8 Å². The smallest absolute Gasteiger partial charge is 0.305 e. The largest absolute Gasteiger partial charge is 0.469 e. The molecule has 0 amide bonds. The molecule has 0 unspecified atom stereocenters. The maximum atomic E-state index is 10.8. The van der Waals surface area contributed by atoms with Gasteiger partial charge in [0.2, 0.25) is 0 Å². The van der Waals surface area contributed by atoms with E-state index in [1.807, 2.05) is 12.2 Å². The molecule has 4 nitrogen and oxygen atoms in total. The fourth-order valence-electron chi connectivity index (χ4n) is 2.66. The Morgan fingerprint density at radius 2 is 1.07 bits per heavy atom. The molecular formula is C25H44O4. The first-order valence-corrected chi connectivity index (χ1v) is 11.1. The zero-order chi connectivity index (χ0) is 22.0. The van der Waals surface area contributed by atoms with Crippen molar-refractivity contribution >= 4 is 11.9 Å². The lowest BCUT2D eigenvalue weighted by Gasteiger charge is -1.99. The number of hydrogen-bond acceptors (Lipinski definition) is 4. The van der Waals surface area contributed by atoms with Gasteiger partial charge in [0, 0.05) is 12.8 Å². The summed E-state index contributed by atoms with van der Waals surface area (Å²) >= 11 is 0. The molecule has 0 rings (SSSR count). The Hall–Kier alpha value is -1.84. The Kier molecular flexibility index (Phi) is 26.5. The van der Waals surface area contributed by atoms with Gasteiger partial charge in [0.05, 0.1) is 14.2 Å². The Labute approximate surface area is 179 Å². The molecule has 0 radical (unpaired) electrons. The van der Waals surface area contributed by atoms with Crippen molar-refractivity contribution in [2.24, 2.45) is 0 Å². The molecule has 0 bridgehead atoms. The molecule has 0 aromatic rings. The summed E-state index contributed by atoms with van der Waals surface area (Å²) in [5.74, 6) is -0.182. The van der Waals surface area contributed by atoms with Crippen LogP contribution in [-0.4, -0.2) is 26.2 Å². The minimum Gasteiger partial charge on any atom is -0.469 e. The summed E-state index contributed by atoms with van der Waals surface area (Å²) in [4.78, 5) is 21.5. The zero-order valence-corrected chi connectivity index (χ0v) is 19.0. The highest BCUT2D eigenvalue weighted by Crippen LogP contribution is 2.08. The summed E-state index contributed by atoms with van der Waals surface area (Å²) < 4.78 is 9.12. The molecule has 0 N–H and O–H groups in total. The summed E-state index contributed by atoms with van der Waals surface area (Å²) in [6, 6.07) is 0. The molecule has 4 heteroatoms. The van der Waals surface area contributed by atoms with E-state index in [9.17, 15) is 9.59 Å². The first kappa shape index (κ1) is 29.4. The number of hydrogen-bond donors (Lipinski definition) is 0. The molecule has 0 spiro atoms. The van der Waals surface area contributed by atoms with Crippen molar-refractivity contribution < 1.29 is 19.1 Å². The third kappa shape index (κ3) is 28.5. The van der Waals surface area contributed by atoms with Crippen LogP contribution in [0.4, 0.5) is 0 Å². The quantitative estimate of drug-likeness (QED) is 0.138. The van der Waals surface area contributed by atoms with Crippen LogP contribution in [0.5, 0.6) is 0 Å². The number of methoxy groups -OCH3 is 2. The highest BCUT2D eigenvalue weighted by atomic mass is 16.5. The first-order valence-electron chi connectivity index (χ1n) is 11.1. The number of esters is 2. The third-order valence-electron chi connectivity index (χ3n) is 4.47. The van der Waals surface area contributed by atoms with Gasteiger partial charge >= 0.3 is 11.9 Å². The summed E-state index contributed by atoms with van der Waals surface area (Å²) in [7, 11) is 2.88. The number of rotatable bonds is 18. The normalized spacial score (nSPS) is 10.1. The molecular weight excluding hydrogens is 364 g/mol. The van der Waals surface area contributed by atoms with Crippen LogP contribution in [0, 0.1) is 0 Å². The molecule has 0 aromatic carbocycles. The molecule has 0 heterocycles. The van der Waals surface area contributed by atoms with Crippen LogP contribution in [-0.2, 0) is 19.1 Å². The molecule has 0 aromatic heterocycles. The van der Waals surface area contributed by atoms with Crippen molar-refractivity contribution in [3.63, 3.8) is 0 Å². The predicted octanol–water partition coefficient (Wildman–Crippen LogP) is 7.10. The monoisotopic (exact) mass is 408 g/mol. The molecule has 29 heavy (non-hydrogen) atoms. The van der Waals surface area contributed by atoms with Gasteiger partial charge < -0.3 is 9.47 Å². The number of ether oxygens (including phenoxy) is 2.